The van der Waals surface area contributed by atoms with Crippen molar-refractivity contribution in [3.05, 3.63) is 52.0 Å². The van der Waals surface area contributed by atoms with Gasteiger partial charge < -0.3 is 19.7 Å². The molecule has 0 aliphatic carbocycles. The lowest BCUT2D eigenvalue weighted by molar-refractivity contribution is -0.155. The van der Waals surface area contributed by atoms with Gasteiger partial charge in [-0.2, -0.15) is 0 Å². The average Bonchev–Trinajstić information content (AvgIpc) is 3.05. The normalized spacial score (nSPS) is 13.1. The first-order valence-electron chi connectivity index (χ1n) is 9.24. The Bertz CT molecular complexity index is 895. The van der Waals surface area contributed by atoms with Crippen molar-refractivity contribution >= 4 is 41.6 Å². The molecule has 0 spiro atoms. The number of aromatic nitrogens is 2. The first kappa shape index (κ1) is 23.7. The molecule has 2 N–H and O–H groups in total. The van der Waals surface area contributed by atoms with E-state index < -0.39 is 24.0 Å². The maximum atomic E-state index is 11.9. The Balaban J connectivity index is 2.31. The highest BCUT2D eigenvalue weighted by Crippen LogP contribution is 2.21. The fraction of sp³-hybridized carbons (Fsp3) is 0.400. The van der Waals surface area contributed by atoms with Gasteiger partial charge in [0.25, 0.3) is 0 Å². The summed E-state index contributed by atoms with van der Waals surface area (Å²) in [6.45, 7) is 3.94. The summed E-state index contributed by atoms with van der Waals surface area (Å²) in [5.41, 5.74) is 1.31. The molecule has 0 saturated carbocycles. The standard InChI is InChI=1S/C20H23Cl2N3O5/c1-12(2)3-17(19(27)28)25(11-26)18(20(29)30)7-16-8-23-10-24(16)9-13-4-14(21)6-15(22)5-13/h4-6,8,10-12,17-18H,3,7,9H2,1-2H3,(H,27,28)(H,29,30). The van der Waals surface area contributed by atoms with E-state index in [0.29, 0.717) is 22.3 Å². The van der Waals surface area contributed by atoms with Crippen molar-refractivity contribution in [3.63, 3.8) is 0 Å². The molecule has 0 radical (unpaired) electrons. The Morgan fingerprint density at radius 2 is 1.73 bits per heavy atom. The van der Waals surface area contributed by atoms with Gasteiger partial charge in [-0.25, -0.2) is 14.6 Å². The fourth-order valence-electron chi connectivity index (χ4n) is 3.24. The summed E-state index contributed by atoms with van der Waals surface area (Å²) in [7, 11) is 0. The van der Waals surface area contributed by atoms with Crippen LogP contribution in [0.15, 0.2) is 30.7 Å². The van der Waals surface area contributed by atoms with Crippen molar-refractivity contribution in [2.45, 2.75) is 45.3 Å². The van der Waals surface area contributed by atoms with Crippen LogP contribution in [-0.2, 0) is 27.3 Å². The zero-order valence-corrected chi connectivity index (χ0v) is 18.0. The van der Waals surface area contributed by atoms with E-state index in [1.807, 2.05) is 0 Å². The van der Waals surface area contributed by atoms with Gasteiger partial charge in [0.15, 0.2) is 0 Å². The first-order valence-corrected chi connectivity index (χ1v) is 10.00. The summed E-state index contributed by atoms with van der Waals surface area (Å²) < 4.78 is 1.71. The zero-order chi connectivity index (χ0) is 22.4. The number of imidazole rings is 1. The molecule has 0 saturated heterocycles. The third-order valence-corrected chi connectivity index (χ3v) is 5.02. The highest BCUT2D eigenvalue weighted by molar-refractivity contribution is 6.34. The molecule has 2 rings (SSSR count). The van der Waals surface area contributed by atoms with E-state index in [9.17, 15) is 24.6 Å². The van der Waals surface area contributed by atoms with Crippen LogP contribution < -0.4 is 0 Å². The van der Waals surface area contributed by atoms with Gasteiger partial charge in [0.1, 0.15) is 12.1 Å². The molecule has 0 bridgehead atoms. The molecule has 0 fully saturated rings. The van der Waals surface area contributed by atoms with E-state index in [1.165, 1.54) is 12.5 Å². The first-order chi connectivity index (χ1) is 14.1. The lowest BCUT2D eigenvalue weighted by atomic mass is 10.00. The van der Waals surface area contributed by atoms with Gasteiger partial charge in [0.05, 0.1) is 6.33 Å². The van der Waals surface area contributed by atoms with Crippen molar-refractivity contribution in [3.8, 4) is 0 Å². The Morgan fingerprint density at radius 3 is 2.23 bits per heavy atom. The molecule has 0 aliphatic rings. The van der Waals surface area contributed by atoms with E-state index in [-0.39, 0.29) is 25.2 Å². The van der Waals surface area contributed by atoms with E-state index in [0.717, 1.165) is 10.5 Å². The quantitative estimate of drug-likeness (QED) is 0.503. The van der Waals surface area contributed by atoms with Gasteiger partial charge in [-0.05, 0) is 36.1 Å². The minimum absolute atomic E-state index is 0.0406. The summed E-state index contributed by atoms with van der Waals surface area (Å²) in [5.74, 6) is -2.58. The van der Waals surface area contributed by atoms with Gasteiger partial charge in [-0.15, -0.1) is 0 Å². The number of carboxylic acid groups (broad SMARTS) is 2. The Kier molecular flexibility index (Phi) is 8.25. The average molecular weight is 456 g/mol. The molecular weight excluding hydrogens is 433 g/mol. The van der Waals surface area contributed by atoms with Crippen LogP contribution >= 0.6 is 23.2 Å². The topological polar surface area (TPSA) is 113 Å². The second kappa shape index (κ2) is 10.4. The number of hydrogen-bond acceptors (Lipinski definition) is 4. The summed E-state index contributed by atoms with van der Waals surface area (Å²) in [5, 5.41) is 20.2. The molecule has 1 heterocycles. The van der Waals surface area contributed by atoms with Gasteiger partial charge in [0, 0.05) is 34.9 Å². The SMILES string of the molecule is CC(C)CC(C(=O)O)N(C=O)C(Cc1cncn1Cc1cc(Cl)cc(Cl)c1)C(=O)O. The maximum Gasteiger partial charge on any atom is 0.326 e. The second-order valence-electron chi connectivity index (χ2n) is 7.38. The number of hydrogen-bond donors (Lipinski definition) is 2. The Morgan fingerprint density at radius 1 is 1.13 bits per heavy atom. The van der Waals surface area contributed by atoms with Crippen LogP contribution in [-0.4, -0.2) is 55.1 Å². The van der Waals surface area contributed by atoms with E-state index in [4.69, 9.17) is 23.2 Å². The molecular formula is C20H23Cl2N3O5. The molecule has 1 amide bonds. The number of halogens is 2. The zero-order valence-electron chi connectivity index (χ0n) is 16.5. The number of carbonyl (C=O) groups is 3. The molecule has 10 heteroatoms. The molecule has 162 valence electrons. The summed E-state index contributed by atoms with van der Waals surface area (Å²) >= 11 is 12.1. The van der Waals surface area contributed by atoms with Crippen LogP contribution in [0.5, 0.6) is 0 Å². The van der Waals surface area contributed by atoms with Gasteiger partial charge in [-0.3, -0.25) is 4.79 Å². The number of rotatable bonds is 11. The monoisotopic (exact) mass is 455 g/mol. The van der Waals surface area contributed by atoms with Gasteiger partial charge in [-0.1, -0.05) is 37.0 Å². The van der Waals surface area contributed by atoms with Crippen LogP contribution in [0.2, 0.25) is 10.0 Å². The highest BCUT2D eigenvalue weighted by atomic mass is 35.5. The Labute approximate surface area is 184 Å². The second-order valence-corrected chi connectivity index (χ2v) is 8.26. The van der Waals surface area contributed by atoms with Crippen molar-refractivity contribution < 1.29 is 24.6 Å². The van der Waals surface area contributed by atoms with Crippen LogP contribution in [0, 0.1) is 5.92 Å². The summed E-state index contributed by atoms with van der Waals surface area (Å²) in [4.78, 5) is 40.3. The van der Waals surface area contributed by atoms with E-state index in [1.54, 1.807) is 36.6 Å². The lowest BCUT2D eigenvalue weighted by Gasteiger charge is -2.31. The number of aliphatic carboxylic acids is 2. The number of amides is 1. The van der Waals surface area contributed by atoms with E-state index >= 15 is 0 Å². The Hall–Kier alpha value is -2.58. The van der Waals surface area contributed by atoms with Crippen molar-refractivity contribution in [1.82, 2.24) is 14.5 Å². The van der Waals surface area contributed by atoms with Crippen molar-refractivity contribution in [1.29, 1.82) is 0 Å². The predicted molar refractivity (Wildman–Crippen MR) is 112 cm³/mol. The van der Waals surface area contributed by atoms with Crippen LogP contribution in [0.4, 0.5) is 0 Å². The molecule has 2 aromatic rings. The van der Waals surface area contributed by atoms with Crippen molar-refractivity contribution in [2.24, 2.45) is 5.92 Å². The summed E-state index contributed by atoms with van der Waals surface area (Å²) in [6.07, 6.45) is 3.33. The maximum absolute atomic E-state index is 11.9. The molecule has 1 aromatic heterocycles. The smallest absolute Gasteiger partial charge is 0.326 e. The molecule has 30 heavy (non-hydrogen) atoms. The van der Waals surface area contributed by atoms with Crippen molar-refractivity contribution in [2.75, 3.05) is 0 Å². The molecule has 2 unspecified atom stereocenters. The van der Waals surface area contributed by atoms with Gasteiger partial charge in [0.2, 0.25) is 6.41 Å². The third-order valence-electron chi connectivity index (χ3n) is 4.58. The van der Waals surface area contributed by atoms with Gasteiger partial charge >= 0.3 is 11.9 Å². The van der Waals surface area contributed by atoms with Crippen LogP contribution in [0.3, 0.4) is 0 Å². The molecule has 8 nitrogen and oxygen atoms in total. The fourth-order valence-corrected chi connectivity index (χ4v) is 3.81. The van der Waals surface area contributed by atoms with Crippen LogP contribution in [0.1, 0.15) is 31.5 Å². The molecule has 0 aliphatic heterocycles. The predicted octanol–water partition coefficient (Wildman–Crippen LogP) is 3.19. The summed E-state index contributed by atoms with van der Waals surface area (Å²) in [6, 6.07) is 2.46. The number of benzene rings is 1. The van der Waals surface area contributed by atoms with E-state index in [2.05, 4.69) is 4.98 Å². The number of carboxylic acids is 2. The minimum atomic E-state index is -1.36. The highest BCUT2D eigenvalue weighted by Gasteiger charge is 2.35. The number of carbonyl (C=O) groups excluding carboxylic acids is 1. The number of nitrogens with zero attached hydrogens (tertiary/aromatic N) is 3. The minimum Gasteiger partial charge on any atom is -0.480 e. The molecule has 2 atom stereocenters. The largest absolute Gasteiger partial charge is 0.480 e. The van der Waals surface area contributed by atoms with Crippen LogP contribution in [0.25, 0.3) is 0 Å². The lowest BCUT2D eigenvalue weighted by Crippen LogP contribution is -2.51. The molecule has 1 aromatic carbocycles. The third kappa shape index (κ3) is 6.21.